The third-order valence-corrected chi connectivity index (χ3v) is 6.51. The predicted molar refractivity (Wildman–Crippen MR) is 122 cm³/mol. The van der Waals surface area contributed by atoms with Crippen LogP contribution in [-0.2, 0) is 11.8 Å². The molecule has 0 aliphatic heterocycles. The van der Waals surface area contributed by atoms with Crippen molar-refractivity contribution < 1.29 is 14.0 Å². The number of carbonyl (C=O) groups excluding carboxylic acids is 2. The maximum absolute atomic E-state index is 13.8. The fraction of sp³-hybridized carbons (Fsp3) is 0.200. The summed E-state index contributed by atoms with van der Waals surface area (Å²) in [6.07, 6.45) is 0. The van der Waals surface area contributed by atoms with Crippen LogP contribution in [0, 0.1) is 5.82 Å². The fourth-order valence-electron chi connectivity index (χ4n) is 2.71. The second-order valence-corrected chi connectivity index (χ2v) is 8.74. The zero-order valence-corrected chi connectivity index (χ0v) is 19.7. The van der Waals surface area contributed by atoms with Crippen molar-refractivity contribution in [2.45, 2.75) is 18.1 Å². The molecule has 0 aliphatic carbocycles. The normalized spacial score (nSPS) is 11.8. The van der Waals surface area contributed by atoms with E-state index in [9.17, 15) is 14.0 Å². The van der Waals surface area contributed by atoms with Gasteiger partial charge in [-0.1, -0.05) is 35.5 Å². The highest BCUT2D eigenvalue weighted by Gasteiger charge is 2.20. The molecule has 0 spiro atoms. The van der Waals surface area contributed by atoms with Crippen LogP contribution in [-0.4, -0.2) is 32.3 Å². The molecule has 1 heterocycles. The summed E-state index contributed by atoms with van der Waals surface area (Å²) in [6.45, 7) is 1.72. The zero-order valence-electron chi connectivity index (χ0n) is 16.5. The van der Waals surface area contributed by atoms with E-state index in [4.69, 9.17) is 11.6 Å². The number of hydrogen-bond donors (Lipinski definition) is 2. The quantitative estimate of drug-likeness (QED) is 0.440. The summed E-state index contributed by atoms with van der Waals surface area (Å²) in [5.74, 6) is -0.786. The van der Waals surface area contributed by atoms with Crippen LogP contribution in [0.5, 0.6) is 0 Å². The first kappa shape index (κ1) is 23.2. The van der Waals surface area contributed by atoms with Gasteiger partial charge in [-0.2, -0.15) is 0 Å². The lowest BCUT2D eigenvalue weighted by atomic mass is 10.2. The van der Waals surface area contributed by atoms with Crippen molar-refractivity contribution in [3.63, 3.8) is 0 Å². The van der Waals surface area contributed by atoms with Gasteiger partial charge in [0, 0.05) is 17.2 Å². The van der Waals surface area contributed by atoms with Crippen LogP contribution in [0.3, 0.4) is 0 Å². The SMILES string of the molecule is C[C@H](NC(=O)c1ccccc1F)c1nnc(SCC(=O)Nc2ccc(Br)c(Cl)c2)n1C. The number of rotatable bonds is 7. The number of halogens is 3. The standard InChI is InChI=1S/C20H18BrClFN5O2S/c1-11(24-19(30)13-5-3-4-6-16(13)23)18-26-27-20(28(18)2)31-10-17(29)25-12-7-8-14(21)15(22)9-12/h3-9,11H,10H2,1-2H3,(H,24,30)(H,25,29)/t11-/m0/s1. The van der Waals surface area contributed by atoms with Crippen LogP contribution in [0.4, 0.5) is 10.1 Å². The van der Waals surface area contributed by atoms with Crippen molar-refractivity contribution in [1.29, 1.82) is 0 Å². The average Bonchev–Trinajstić information content (AvgIpc) is 3.10. The van der Waals surface area contributed by atoms with E-state index in [-0.39, 0.29) is 17.2 Å². The first-order valence-corrected chi connectivity index (χ1v) is 11.2. The highest BCUT2D eigenvalue weighted by atomic mass is 79.9. The highest BCUT2D eigenvalue weighted by Crippen LogP contribution is 2.26. The van der Waals surface area contributed by atoms with E-state index >= 15 is 0 Å². The third kappa shape index (κ3) is 5.84. The van der Waals surface area contributed by atoms with Gasteiger partial charge in [0.05, 0.1) is 22.4 Å². The monoisotopic (exact) mass is 525 g/mol. The van der Waals surface area contributed by atoms with Gasteiger partial charge >= 0.3 is 0 Å². The van der Waals surface area contributed by atoms with E-state index in [0.29, 0.717) is 21.7 Å². The smallest absolute Gasteiger partial charge is 0.254 e. The molecule has 31 heavy (non-hydrogen) atoms. The van der Waals surface area contributed by atoms with E-state index in [1.165, 1.54) is 30.0 Å². The minimum atomic E-state index is -0.598. The van der Waals surface area contributed by atoms with E-state index in [0.717, 1.165) is 4.47 Å². The number of anilines is 1. The first-order valence-electron chi connectivity index (χ1n) is 9.08. The fourth-order valence-corrected chi connectivity index (χ4v) is 3.86. The lowest BCUT2D eigenvalue weighted by molar-refractivity contribution is -0.113. The topological polar surface area (TPSA) is 88.9 Å². The van der Waals surface area contributed by atoms with E-state index in [1.54, 1.807) is 42.8 Å². The summed E-state index contributed by atoms with van der Waals surface area (Å²) in [7, 11) is 1.73. The molecular weight excluding hydrogens is 509 g/mol. The van der Waals surface area contributed by atoms with Crippen LogP contribution in [0.2, 0.25) is 5.02 Å². The first-order chi connectivity index (χ1) is 14.8. The van der Waals surface area contributed by atoms with Gasteiger partial charge in [0.2, 0.25) is 5.91 Å². The van der Waals surface area contributed by atoms with E-state index in [1.807, 2.05) is 0 Å². The Morgan fingerprint density at radius 3 is 2.71 bits per heavy atom. The highest BCUT2D eigenvalue weighted by molar-refractivity contribution is 9.10. The molecule has 0 bridgehead atoms. The second-order valence-electron chi connectivity index (χ2n) is 6.54. The molecule has 0 aliphatic rings. The molecule has 0 saturated carbocycles. The van der Waals surface area contributed by atoms with Gasteiger partial charge in [-0.15, -0.1) is 10.2 Å². The zero-order chi connectivity index (χ0) is 22.5. The van der Waals surface area contributed by atoms with Crippen LogP contribution >= 0.6 is 39.3 Å². The van der Waals surface area contributed by atoms with Crippen molar-refractivity contribution in [2.24, 2.45) is 7.05 Å². The molecule has 11 heteroatoms. The molecule has 3 aromatic rings. The molecule has 7 nitrogen and oxygen atoms in total. The Morgan fingerprint density at radius 1 is 1.26 bits per heavy atom. The van der Waals surface area contributed by atoms with Crippen molar-refractivity contribution in [3.05, 3.63) is 69.2 Å². The molecule has 2 N–H and O–H groups in total. The number of thioether (sulfide) groups is 1. The van der Waals surface area contributed by atoms with Crippen molar-refractivity contribution in [2.75, 3.05) is 11.1 Å². The van der Waals surface area contributed by atoms with Gasteiger partial charge < -0.3 is 15.2 Å². The Bertz CT molecular complexity index is 1130. The summed E-state index contributed by atoms with van der Waals surface area (Å²) >= 11 is 10.5. The molecule has 1 atom stereocenters. The Labute approximate surface area is 195 Å². The van der Waals surface area contributed by atoms with Gasteiger partial charge in [0.25, 0.3) is 5.91 Å². The molecule has 0 radical (unpaired) electrons. The molecule has 2 aromatic carbocycles. The Morgan fingerprint density at radius 2 is 2.00 bits per heavy atom. The number of carbonyl (C=O) groups is 2. The Balaban J connectivity index is 1.59. The van der Waals surface area contributed by atoms with Gasteiger partial charge in [0.15, 0.2) is 11.0 Å². The molecule has 0 saturated heterocycles. The molecule has 0 unspecified atom stereocenters. The van der Waals surface area contributed by atoms with E-state index < -0.39 is 17.8 Å². The number of benzene rings is 2. The Kier molecular flexibility index (Phi) is 7.69. The molecule has 3 rings (SSSR count). The summed E-state index contributed by atoms with van der Waals surface area (Å²) in [5.41, 5.74) is 0.540. The summed E-state index contributed by atoms with van der Waals surface area (Å²) in [6, 6.07) is 10.4. The van der Waals surface area contributed by atoms with Crippen LogP contribution in [0.25, 0.3) is 0 Å². The minimum absolute atomic E-state index is 0.0455. The molecule has 162 valence electrons. The maximum atomic E-state index is 13.8. The molecule has 0 fully saturated rings. The number of hydrogen-bond acceptors (Lipinski definition) is 5. The van der Waals surface area contributed by atoms with Crippen LogP contribution in [0.1, 0.15) is 29.1 Å². The van der Waals surface area contributed by atoms with Gasteiger partial charge in [-0.05, 0) is 53.2 Å². The maximum Gasteiger partial charge on any atom is 0.254 e. The molecule has 1 aromatic heterocycles. The summed E-state index contributed by atoms with van der Waals surface area (Å²) in [4.78, 5) is 24.6. The lowest BCUT2D eigenvalue weighted by Crippen LogP contribution is -2.29. The van der Waals surface area contributed by atoms with Crippen molar-refractivity contribution in [3.8, 4) is 0 Å². The molecular formula is C20H18BrClFN5O2S. The number of nitrogens with one attached hydrogen (secondary N) is 2. The largest absolute Gasteiger partial charge is 0.342 e. The van der Waals surface area contributed by atoms with Crippen LogP contribution in [0.15, 0.2) is 52.1 Å². The van der Waals surface area contributed by atoms with Crippen molar-refractivity contribution in [1.82, 2.24) is 20.1 Å². The second kappa shape index (κ2) is 10.3. The lowest BCUT2D eigenvalue weighted by Gasteiger charge is -2.14. The summed E-state index contributed by atoms with van der Waals surface area (Å²) < 4.78 is 16.2. The van der Waals surface area contributed by atoms with Gasteiger partial charge in [-0.25, -0.2) is 4.39 Å². The van der Waals surface area contributed by atoms with Gasteiger partial charge in [-0.3, -0.25) is 9.59 Å². The predicted octanol–water partition coefficient (Wildman–Crippen LogP) is 4.59. The van der Waals surface area contributed by atoms with E-state index in [2.05, 4.69) is 36.8 Å². The van der Waals surface area contributed by atoms with Gasteiger partial charge in [0.1, 0.15) is 5.82 Å². The number of nitrogens with zero attached hydrogens (tertiary/aromatic N) is 3. The molecule has 2 amide bonds. The summed E-state index contributed by atoms with van der Waals surface area (Å²) in [5, 5.41) is 14.7. The van der Waals surface area contributed by atoms with Crippen molar-refractivity contribution >= 4 is 56.8 Å². The number of amides is 2. The van der Waals surface area contributed by atoms with Crippen LogP contribution < -0.4 is 10.6 Å². The Hall–Kier alpha value is -2.43. The average molecular weight is 527 g/mol. The minimum Gasteiger partial charge on any atom is -0.342 e. The number of aromatic nitrogens is 3. The third-order valence-electron chi connectivity index (χ3n) is 4.26.